The predicted molar refractivity (Wildman–Crippen MR) is 134 cm³/mol. The van der Waals surface area contributed by atoms with Gasteiger partial charge in [0.05, 0.1) is 11.4 Å². The van der Waals surface area contributed by atoms with Gasteiger partial charge in [0.1, 0.15) is 31.0 Å². The molecule has 4 heterocycles. The summed E-state index contributed by atoms with van der Waals surface area (Å²) in [5, 5.41) is 4.55. The highest BCUT2D eigenvalue weighted by Crippen LogP contribution is 2.38. The smallest absolute Gasteiger partial charge is 0.254 e. The molecule has 8 nitrogen and oxygen atoms in total. The Kier molecular flexibility index (Phi) is 5.09. The van der Waals surface area contributed by atoms with Gasteiger partial charge in [-0.2, -0.15) is 0 Å². The molecule has 0 unspecified atom stereocenters. The highest BCUT2D eigenvalue weighted by Gasteiger charge is 2.28. The van der Waals surface area contributed by atoms with Crippen LogP contribution in [0.15, 0.2) is 48.8 Å². The quantitative estimate of drug-likeness (QED) is 0.437. The molecule has 0 bridgehead atoms. The molecule has 2 N–H and O–H groups in total. The Balaban J connectivity index is 1.37. The molecule has 2 aromatic heterocycles. The Hall–Kier alpha value is -4.07. The molecule has 35 heavy (non-hydrogen) atoms. The van der Waals surface area contributed by atoms with Crippen LogP contribution in [0, 0.1) is 5.92 Å². The second-order valence-corrected chi connectivity index (χ2v) is 9.43. The van der Waals surface area contributed by atoms with Crippen molar-refractivity contribution >= 4 is 22.8 Å². The van der Waals surface area contributed by atoms with Crippen molar-refractivity contribution in [2.24, 2.45) is 5.92 Å². The van der Waals surface area contributed by atoms with Gasteiger partial charge in [-0.3, -0.25) is 4.79 Å². The van der Waals surface area contributed by atoms with Crippen LogP contribution in [-0.4, -0.2) is 46.0 Å². The minimum atomic E-state index is 0.00881. The number of amides is 1. The number of anilines is 1. The molecule has 2 aromatic carbocycles. The molecule has 0 saturated carbocycles. The van der Waals surface area contributed by atoms with Gasteiger partial charge < -0.3 is 24.7 Å². The van der Waals surface area contributed by atoms with Crippen LogP contribution in [-0.2, 0) is 6.54 Å². The summed E-state index contributed by atoms with van der Waals surface area (Å²) in [7, 11) is 1.83. The third-order valence-corrected chi connectivity index (χ3v) is 6.75. The van der Waals surface area contributed by atoms with Gasteiger partial charge in [0.15, 0.2) is 11.5 Å². The van der Waals surface area contributed by atoms with Crippen LogP contribution >= 0.6 is 0 Å². The molecule has 6 rings (SSSR count). The lowest BCUT2D eigenvalue weighted by Crippen LogP contribution is -2.19. The summed E-state index contributed by atoms with van der Waals surface area (Å²) >= 11 is 0. The lowest BCUT2D eigenvalue weighted by molar-refractivity contribution is 0.0816. The zero-order valence-corrected chi connectivity index (χ0v) is 20.0. The number of carbonyl (C=O) groups excluding carboxylic acids is 1. The van der Waals surface area contributed by atoms with Gasteiger partial charge in [-0.1, -0.05) is 32.0 Å². The number of aromatic nitrogens is 3. The van der Waals surface area contributed by atoms with Crippen LogP contribution in [0.3, 0.4) is 0 Å². The molecule has 8 heteroatoms. The van der Waals surface area contributed by atoms with Crippen molar-refractivity contribution in [3.63, 3.8) is 0 Å². The van der Waals surface area contributed by atoms with Crippen LogP contribution in [0.1, 0.15) is 41.4 Å². The van der Waals surface area contributed by atoms with Crippen LogP contribution in [0.5, 0.6) is 11.5 Å². The fourth-order valence-corrected chi connectivity index (χ4v) is 4.96. The lowest BCUT2D eigenvalue weighted by Gasteiger charge is -2.26. The van der Waals surface area contributed by atoms with Crippen molar-refractivity contribution in [3.05, 3.63) is 65.5 Å². The molecular formula is C27H27N5O3. The van der Waals surface area contributed by atoms with Gasteiger partial charge in [0.25, 0.3) is 5.91 Å². The summed E-state index contributed by atoms with van der Waals surface area (Å²) < 4.78 is 11.5. The molecule has 1 amide bonds. The second-order valence-electron chi connectivity index (χ2n) is 9.43. The van der Waals surface area contributed by atoms with Crippen molar-refractivity contribution in [2.45, 2.75) is 26.4 Å². The molecule has 2 aliphatic rings. The van der Waals surface area contributed by atoms with Gasteiger partial charge in [-0.25, -0.2) is 9.97 Å². The maximum atomic E-state index is 12.5. The summed E-state index contributed by atoms with van der Waals surface area (Å²) in [5.74, 6) is 2.66. The van der Waals surface area contributed by atoms with E-state index >= 15 is 0 Å². The van der Waals surface area contributed by atoms with Crippen molar-refractivity contribution < 1.29 is 14.3 Å². The largest absolute Gasteiger partial charge is 0.486 e. The zero-order chi connectivity index (χ0) is 24.1. The number of H-pyrrole nitrogens is 1. The number of ether oxygens (including phenoxy) is 2. The minimum Gasteiger partial charge on any atom is -0.486 e. The average Bonchev–Trinajstić information content (AvgIpc) is 3.43. The first-order valence-electron chi connectivity index (χ1n) is 11.9. The van der Waals surface area contributed by atoms with Gasteiger partial charge in [0.2, 0.25) is 0 Å². The average molecular weight is 470 g/mol. The van der Waals surface area contributed by atoms with E-state index in [0.29, 0.717) is 25.7 Å². The molecule has 178 valence electrons. The van der Waals surface area contributed by atoms with E-state index in [1.807, 2.05) is 37.4 Å². The Morgan fingerprint density at radius 1 is 1.03 bits per heavy atom. The number of fused-ring (bicyclic) bond motifs is 3. The monoisotopic (exact) mass is 469 g/mol. The summed E-state index contributed by atoms with van der Waals surface area (Å²) in [6, 6.07) is 14.0. The molecule has 4 aromatic rings. The first-order valence-corrected chi connectivity index (χ1v) is 11.9. The maximum Gasteiger partial charge on any atom is 0.254 e. The topological polar surface area (TPSA) is 92.4 Å². The number of carbonyl (C=O) groups is 1. The Morgan fingerprint density at radius 3 is 2.66 bits per heavy atom. The van der Waals surface area contributed by atoms with Crippen LogP contribution in [0.4, 0.5) is 5.82 Å². The number of nitrogens with zero attached hydrogens (tertiary/aromatic N) is 3. The molecule has 0 aliphatic carbocycles. The number of nitrogens with one attached hydrogen (secondary N) is 2. The fraction of sp³-hybridized carbons (Fsp3) is 0.296. The summed E-state index contributed by atoms with van der Waals surface area (Å²) in [6.45, 7) is 6.07. The maximum absolute atomic E-state index is 12.5. The number of benzene rings is 2. The Bertz CT molecular complexity index is 1440. The number of hydrogen-bond donors (Lipinski definition) is 2. The van der Waals surface area contributed by atoms with Crippen LogP contribution in [0.2, 0.25) is 0 Å². The van der Waals surface area contributed by atoms with E-state index in [0.717, 1.165) is 56.3 Å². The van der Waals surface area contributed by atoms with Crippen LogP contribution < -0.4 is 14.8 Å². The second kappa shape index (κ2) is 8.30. The minimum absolute atomic E-state index is 0.00881. The molecule has 1 atom stereocenters. The SMILES string of the molecule is CC(C)[C@@H](Nc1ncnc2[nH]c(-c3cccc4c3CN(C)C4=O)cc12)c1ccc2c(c1)OCCO2. The molecule has 0 spiro atoms. The van der Waals surface area contributed by atoms with Gasteiger partial charge in [-0.15, -0.1) is 0 Å². The third-order valence-electron chi connectivity index (χ3n) is 6.75. The number of aromatic amines is 1. The number of hydrogen-bond acceptors (Lipinski definition) is 6. The Morgan fingerprint density at radius 2 is 1.83 bits per heavy atom. The van der Waals surface area contributed by atoms with E-state index in [1.54, 1.807) is 11.2 Å². The lowest BCUT2D eigenvalue weighted by atomic mass is 9.95. The van der Waals surface area contributed by atoms with E-state index in [1.165, 1.54) is 0 Å². The van der Waals surface area contributed by atoms with E-state index in [9.17, 15) is 4.79 Å². The molecule has 0 radical (unpaired) electrons. The zero-order valence-electron chi connectivity index (χ0n) is 20.0. The summed E-state index contributed by atoms with van der Waals surface area (Å²) in [4.78, 5) is 26.7. The highest BCUT2D eigenvalue weighted by atomic mass is 16.6. The van der Waals surface area contributed by atoms with Gasteiger partial charge >= 0.3 is 0 Å². The van der Waals surface area contributed by atoms with Crippen molar-refractivity contribution in [1.29, 1.82) is 0 Å². The summed E-state index contributed by atoms with van der Waals surface area (Å²) in [5.41, 5.74) is 5.57. The first-order chi connectivity index (χ1) is 17.0. The van der Waals surface area contributed by atoms with E-state index in [4.69, 9.17) is 9.47 Å². The molecule has 2 aliphatic heterocycles. The van der Waals surface area contributed by atoms with E-state index in [-0.39, 0.29) is 11.9 Å². The van der Waals surface area contributed by atoms with Crippen molar-refractivity contribution in [1.82, 2.24) is 19.9 Å². The first kappa shape index (κ1) is 21.5. The third kappa shape index (κ3) is 3.65. The highest BCUT2D eigenvalue weighted by molar-refractivity contribution is 6.01. The van der Waals surface area contributed by atoms with Crippen molar-refractivity contribution in [2.75, 3.05) is 25.6 Å². The van der Waals surface area contributed by atoms with Gasteiger partial charge in [-0.05, 0) is 41.3 Å². The van der Waals surface area contributed by atoms with E-state index in [2.05, 4.69) is 46.2 Å². The normalized spacial score (nSPS) is 15.5. The number of rotatable bonds is 5. The van der Waals surface area contributed by atoms with Crippen LogP contribution in [0.25, 0.3) is 22.3 Å². The van der Waals surface area contributed by atoms with Crippen molar-refractivity contribution in [3.8, 4) is 22.8 Å². The molecular weight excluding hydrogens is 442 g/mol. The fourth-order valence-electron chi connectivity index (χ4n) is 4.96. The van der Waals surface area contributed by atoms with E-state index < -0.39 is 0 Å². The molecule has 0 fully saturated rings. The Labute approximate surface area is 203 Å². The molecule has 0 saturated heterocycles. The predicted octanol–water partition coefficient (Wildman–Crippen LogP) is 4.79. The standard InChI is InChI=1S/C27H27N5O3/c1-15(2)24(16-7-8-22-23(11-16)35-10-9-34-22)31-26-19-12-21(30-25(19)28-14-29-26)17-5-4-6-18-20(17)13-32(3)27(18)33/h4-8,11-12,14-15,24H,9-10,13H2,1-3H3,(H2,28,29,30,31)/t24-/m1/s1. The van der Waals surface area contributed by atoms with Gasteiger partial charge in [0, 0.05) is 30.4 Å². The summed E-state index contributed by atoms with van der Waals surface area (Å²) in [6.07, 6.45) is 1.57.